The number of Topliss-reactive ketones (excluding diaryl/α,β-unsaturated/α-hetero) is 1. The van der Waals surface area contributed by atoms with Crippen LogP contribution in [0.4, 0.5) is 0 Å². The van der Waals surface area contributed by atoms with E-state index in [1.54, 1.807) is 12.3 Å². The zero-order valence-corrected chi connectivity index (χ0v) is 9.20. The maximum absolute atomic E-state index is 11.1. The Morgan fingerprint density at radius 2 is 2.12 bits per heavy atom. The number of nitrogens with zero attached hydrogens (tertiary/aromatic N) is 1. The Morgan fingerprint density at radius 3 is 2.75 bits per heavy atom. The highest BCUT2D eigenvalue weighted by molar-refractivity contribution is 5.94. The number of nitrogens with one attached hydrogen (secondary N) is 1. The number of ketones is 1. The molecule has 0 atom stereocenters. The number of aromatic nitrogens is 1. The molecule has 16 heavy (non-hydrogen) atoms. The van der Waals surface area contributed by atoms with Gasteiger partial charge in [0.2, 0.25) is 5.91 Å². The van der Waals surface area contributed by atoms with Crippen molar-refractivity contribution in [2.24, 2.45) is 0 Å². The number of hydrogen-bond donors (Lipinski definition) is 1. The predicted molar refractivity (Wildman–Crippen MR) is 59.8 cm³/mol. The van der Waals surface area contributed by atoms with Crippen LogP contribution in [0, 0.1) is 11.8 Å². The second kappa shape index (κ2) is 5.66. The first-order valence-corrected chi connectivity index (χ1v) is 4.79. The van der Waals surface area contributed by atoms with E-state index in [0.717, 1.165) is 0 Å². The van der Waals surface area contributed by atoms with Crippen LogP contribution in [0.2, 0.25) is 0 Å². The van der Waals surface area contributed by atoms with E-state index in [-0.39, 0.29) is 11.7 Å². The molecule has 1 heterocycles. The van der Waals surface area contributed by atoms with Crippen LogP contribution >= 0.6 is 0 Å². The minimum absolute atomic E-state index is 0.0435. The third-order valence-corrected chi connectivity index (χ3v) is 1.80. The van der Waals surface area contributed by atoms with E-state index in [1.165, 1.54) is 20.0 Å². The molecule has 0 aliphatic rings. The van der Waals surface area contributed by atoms with Crippen LogP contribution in [0.3, 0.4) is 0 Å². The highest BCUT2D eigenvalue weighted by atomic mass is 16.1. The van der Waals surface area contributed by atoms with E-state index in [4.69, 9.17) is 0 Å². The van der Waals surface area contributed by atoms with Gasteiger partial charge in [0.1, 0.15) is 0 Å². The topological polar surface area (TPSA) is 59.1 Å². The summed E-state index contributed by atoms with van der Waals surface area (Å²) in [6, 6.07) is 1.68. The standard InChI is InChI=1S/C12H12N2O2/c1-9(15)12-6-11(7-13-8-12)4-3-5-14-10(2)16/h6-8H,5H2,1-2H3,(H,14,16). The number of amides is 1. The molecule has 82 valence electrons. The van der Waals surface area contributed by atoms with Gasteiger partial charge in [-0.3, -0.25) is 14.6 Å². The molecule has 1 amide bonds. The van der Waals surface area contributed by atoms with Crippen molar-refractivity contribution in [1.29, 1.82) is 0 Å². The van der Waals surface area contributed by atoms with Crippen LogP contribution in [0.15, 0.2) is 18.5 Å². The van der Waals surface area contributed by atoms with E-state index in [1.807, 2.05) is 0 Å². The average Bonchev–Trinajstić information content (AvgIpc) is 2.24. The molecule has 0 aromatic carbocycles. The van der Waals surface area contributed by atoms with Crippen molar-refractivity contribution < 1.29 is 9.59 Å². The highest BCUT2D eigenvalue weighted by Crippen LogP contribution is 2.01. The van der Waals surface area contributed by atoms with Crippen molar-refractivity contribution in [2.45, 2.75) is 13.8 Å². The molecule has 0 bridgehead atoms. The number of carbonyl (C=O) groups is 2. The smallest absolute Gasteiger partial charge is 0.217 e. The maximum Gasteiger partial charge on any atom is 0.217 e. The molecule has 0 spiro atoms. The van der Waals surface area contributed by atoms with Crippen LogP contribution in [-0.4, -0.2) is 23.2 Å². The van der Waals surface area contributed by atoms with Crippen molar-refractivity contribution >= 4 is 11.7 Å². The third-order valence-electron chi connectivity index (χ3n) is 1.80. The Balaban J connectivity index is 2.70. The van der Waals surface area contributed by atoms with Crippen LogP contribution < -0.4 is 5.32 Å². The van der Waals surface area contributed by atoms with Crippen LogP contribution in [0.25, 0.3) is 0 Å². The second-order valence-corrected chi connectivity index (χ2v) is 3.23. The molecule has 4 heteroatoms. The van der Waals surface area contributed by atoms with Gasteiger partial charge in [-0.25, -0.2) is 0 Å². The zero-order chi connectivity index (χ0) is 12.0. The number of rotatable bonds is 2. The Morgan fingerprint density at radius 1 is 1.38 bits per heavy atom. The molecule has 0 radical (unpaired) electrons. The van der Waals surface area contributed by atoms with Gasteiger partial charge in [0.25, 0.3) is 0 Å². The van der Waals surface area contributed by atoms with E-state index in [9.17, 15) is 9.59 Å². The molecule has 1 aromatic rings. The van der Waals surface area contributed by atoms with E-state index in [2.05, 4.69) is 22.1 Å². The van der Waals surface area contributed by atoms with Gasteiger partial charge in [-0.2, -0.15) is 0 Å². The molecule has 1 aromatic heterocycles. The summed E-state index contributed by atoms with van der Waals surface area (Å²) in [7, 11) is 0. The average molecular weight is 216 g/mol. The minimum atomic E-state index is -0.120. The number of carbonyl (C=O) groups excluding carboxylic acids is 2. The number of pyridine rings is 1. The fraction of sp³-hybridized carbons (Fsp3) is 0.250. The van der Waals surface area contributed by atoms with Crippen molar-refractivity contribution in [3.05, 3.63) is 29.6 Å². The zero-order valence-electron chi connectivity index (χ0n) is 9.20. The summed E-state index contributed by atoms with van der Waals surface area (Å²) in [6.07, 6.45) is 3.08. The van der Waals surface area contributed by atoms with Crippen molar-refractivity contribution in [1.82, 2.24) is 10.3 Å². The molecular weight excluding hydrogens is 204 g/mol. The molecule has 4 nitrogen and oxygen atoms in total. The Labute approximate surface area is 94.1 Å². The number of hydrogen-bond acceptors (Lipinski definition) is 3. The van der Waals surface area contributed by atoms with Crippen LogP contribution in [0.1, 0.15) is 29.8 Å². The van der Waals surface area contributed by atoms with Gasteiger partial charge in [-0.15, -0.1) is 0 Å². The van der Waals surface area contributed by atoms with E-state index < -0.39 is 0 Å². The minimum Gasteiger partial charge on any atom is -0.345 e. The largest absolute Gasteiger partial charge is 0.345 e. The molecule has 0 aliphatic heterocycles. The molecule has 0 saturated heterocycles. The molecule has 0 saturated carbocycles. The Hall–Kier alpha value is -2.15. The summed E-state index contributed by atoms with van der Waals surface area (Å²) in [5.41, 5.74) is 1.20. The van der Waals surface area contributed by atoms with Gasteiger partial charge in [0.15, 0.2) is 5.78 Å². The van der Waals surface area contributed by atoms with Gasteiger partial charge in [-0.1, -0.05) is 11.8 Å². The third kappa shape index (κ3) is 3.93. The van der Waals surface area contributed by atoms with Crippen molar-refractivity contribution in [3.63, 3.8) is 0 Å². The summed E-state index contributed by atoms with van der Waals surface area (Å²) >= 11 is 0. The van der Waals surface area contributed by atoms with E-state index in [0.29, 0.717) is 17.7 Å². The molecule has 0 unspecified atom stereocenters. The molecular formula is C12H12N2O2. The summed E-state index contributed by atoms with van der Waals surface area (Å²) in [5, 5.41) is 2.55. The Kier molecular flexibility index (Phi) is 4.22. The molecule has 0 fully saturated rings. The van der Waals surface area contributed by atoms with E-state index >= 15 is 0 Å². The summed E-state index contributed by atoms with van der Waals surface area (Å²) in [5.74, 6) is 5.42. The quantitative estimate of drug-likeness (QED) is 0.587. The van der Waals surface area contributed by atoms with Crippen molar-refractivity contribution in [2.75, 3.05) is 6.54 Å². The second-order valence-electron chi connectivity index (χ2n) is 3.23. The first-order valence-electron chi connectivity index (χ1n) is 4.79. The first-order chi connectivity index (χ1) is 7.59. The van der Waals surface area contributed by atoms with Gasteiger partial charge in [-0.05, 0) is 13.0 Å². The fourth-order valence-corrected chi connectivity index (χ4v) is 1.02. The molecule has 0 aliphatic carbocycles. The van der Waals surface area contributed by atoms with Gasteiger partial charge < -0.3 is 5.32 Å². The van der Waals surface area contributed by atoms with Crippen LogP contribution in [-0.2, 0) is 4.79 Å². The first kappa shape index (κ1) is 11.9. The van der Waals surface area contributed by atoms with Crippen LogP contribution in [0.5, 0.6) is 0 Å². The molecule has 1 N–H and O–H groups in total. The lowest BCUT2D eigenvalue weighted by molar-refractivity contribution is -0.118. The van der Waals surface area contributed by atoms with Crippen molar-refractivity contribution in [3.8, 4) is 11.8 Å². The SMILES string of the molecule is CC(=O)NCC#Cc1cncc(C(C)=O)c1. The Bertz CT molecular complexity index is 469. The van der Waals surface area contributed by atoms with Gasteiger partial charge in [0.05, 0.1) is 6.54 Å². The monoisotopic (exact) mass is 216 g/mol. The predicted octanol–water partition coefficient (Wildman–Crippen LogP) is 0.772. The summed E-state index contributed by atoms with van der Waals surface area (Å²) in [4.78, 5) is 25.5. The lowest BCUT2D eigenvalue weighted by Gasteiger charge is -1.95. The lowest BCUT2D eigenvalue weighted by atomic mass is 10.1. The van der Waals surface area contributed by atoms with Gasteiger partial charge in [0, 0.05) is 30.4 Å². The lowest BCUT2D eigenvalue weighted by Crippen LogP contribution is -2.19. The summed E-state index contributed by atoms with van der Waals surface area (Å²) in [6.45, 7) is 3.20. The summed E-state index contributed by atoms with van der Waals surface area (Å²) < 4.78 is 0. The molecule has 1 rings (SSSR count). The fourth-order valence-electron chi connectivity index (χ4n) is 1.02. The normalized spacial score (nSPS) is 8.88. The highest BCUT2D eigenvalue weighted by Gasteiger charge is 1.98. The maximum atomic E-state index is 11.1. The van der Waals surface area contributed by atoms with Gasteiger partial charge >= 0.3 is 0 Å².